The molecule has 0 aliphatic carbocycles. The fraction of sp³-hybridized carbons (Fsp3) is 0.0741. The molecule has 9 rings (SSSR count). The normalized spacial score (nSPS) is 11.5. The number of benzene rings is 9. The molecule has 0 heterocycles. The largest absolute Gasteiger partial charge is 0.309 e. The van der Waals surface area contributed by atoms with Gasteiger partial charge in [0.05, 0.1) is 17.1 Å². The van der Waals surface area contributed by atoms with Crippen LogP contribution >= 0.6 is 0 Å². The van der Waals surface area contributed by atoms with Crippen molar-refractivity contribution in [1.82, 2.24) is 0 Å². The van der Waals surface area contributed by atoms with Gasteiger partial charge in [-0.2, -0.15) is 0 Å². The van der Waals surface area contributed by atoms with Gasteiger partial charge in [0.25, 0.3) is 0 Å². The van der Waals surface area contributed by atoms with Crippen LogP contribution in [-0.2, 0) is 5.41 Å². The zero-order valence-corrected chi connectivity index (χ0v) is 31.6. The minimum absolute atomic E-state index is 0.0253. The molecule has 0 saturated heterocycles. The standard InChI is InChI=1S/C54H43N/c1-54(2,3)42-35-36-52(49(37-42)40-21-8-5-9-22-40)55(50-33-14-12-28-46(50)45-31-16-24-38-23-10-11-27-43(38)45)51-34-15-13-29-47(51)48-32-18-26-41-25-17-30-44(53(41)48)39-19-6-4-7-20-39/h4-37H,1-3H3. The van der Waals surface area contributed by atoms with Crippen molar-refractivity contribution in [2.45, 2.75) is 26.2 Å². The summed E-state index contributed by atoms with van der Waals surface area (Å²) in [5.74, 6) is 0. The molecule has 0 atom stereocenters. The van der Waals surface area contributed by atoms with Crippen molar-refractivity contribution >= 4 is 38.6 Å². The van der Waals surface area contributed by atoms with Crippen LogP contribution < -0.4 is 4.90 Å². The summed E-state index contributed by atoms with van der Waals surface area (Å²) in [4.78, 5) is 2.52. The third kappa shape index (κ3) is 6.38. The molecule has 0 spiro atoms. The van der Waals surface area contributed by atoms with E-state index in [1.807, 2.05) is 0 Å². The lowest BCUT2D eigenvalue weighted by atomic mass is 9.84. The summed E-state index contributed by atoms with van der Waals surface area (Å²) in [6.45, 7) is 6.89. The molecule has 0 aliphatic heterocycles. The highest BCUT2D eigenvalue weighted by atomic mass is 15.1. The van der Waals surface area contributed by atoms with Crippen molar-refractivity contribution in [1.29, 1.82) is 0 Å². The molecule has 1 nitrogen and oxygen atoms in total. The average molecular weight is 706 g/mol. The first kappa shape index (κ1) is 34.1. The number of hydrogen-bond acceptors (Lipinski definition) is 1. The van der Waals surface area contributed by atoms with Gasteiger partial charge in [-0.05, 0) is 84.6 Å². The lowest BCUT2D eigenvalue weighted by molar-refractivity contribution is 0.590. The second-order valence-corrected chi connectivity index (χ2v) is 15.3. The lowest BCUT2D eigenvalue weighted by Gasteiger charge is -2.33. The van der Waals surface area contributed by atoms with Crippen LogP contribution in [0.2, 0.25) is 0 Å². The van der Waals surface area contributed by atoms with Crippen molar-refractivity contribution in [2.75, 3.05) is 4.90 Å². The fourth-order valence-corrected chi connectivity index (χ4v) is 8.11. The van der Waals surface area contributed by atoms with Crippen molar-refractivity contribution in [3.63, 3.8) is 0 Å². The Bertz CT molecular complexity index is 2780. The van der Waals surface area contributed by atoms with Gasteiger partial charge in [0, 0.05) is 16.7 Å². The lowest BCUT2D eigenvalue weighted by Crippen LogP contribution is -2.16. The van der Waals surface area contributed by atoms with Gasteiger partial charge < -0.3 is 4.90 Å². The Morgan fingerprint density at radius 2 is 0.782 bits per heavy atom. The van der Waals surface area contributed by atoms with E-state index < -0.39 is 0 Å². The predicted molar refractivity (Wildman–Crippen MR) is 237 cm³/mol. The number of para-hydroxylation sites is 2. The third-order valence-electron chi connectivity index (χ3n) is 10.8. The van der Waals surface area contributed by atoms with Crippen LogP contribution in [0.25, 0.3) is 66.1 Å². The summed E-state index contributed by atoms with van der Waals surface area (Å²) in [5, 5.41) is 4.93. The minimum Gasteiger partial charge on any atom is -0.309 e. The Morgan fingerprint density at radius 1 is 0.327 bits per heavy atom. The maximum absolute atomic E-state index is 2.52. The summed E-state index contributed by atoms with van der Waals surface area (Å²) in [5.41, 5.74) is 14.2. The predicted octanol–water partition coefficient (Wildman–Crippen LogP) is 15.4. The molecule has 0 amide bonds. The summed E-state index contributed by atoms with van der Waals surface area (Å²) in [6.07, 6.45) is 0. The highest BCUT2D eigenvalue weighted by Crippen LogP contribution is 2.50. The van der Waals surface area contributed by atoms with E-state index in [2.05, 4.69) is 232 Å². The Kier molecular flexibility index (Phi) is 8.84. The van der Waals surface area contributed by atoms with E-state index in [-0.39, 0.29) is 5.41 Å². The summed E-state index contributed by atoms with van der Waals surface area (Å²) < 4.78 is 0. The Hall–Kier alpha value is -6.70. The van der Waals surface area contributed by atoms with Crippen LogP contribution in [0.4, 0.5) is 17.1 Å². The highest BCUT2D eigenvalue weighted by molar-refractivity contribution is 6.10. The number of rotatable bonds is 7. The van der Waals surface area contributed by atoms with Gasteiger partial charge >= 0.3 is 0 Å². The van der Waals surface area contributed by atoms with E-state index in [0.29, 0.717) is 0 Å². The SMILES string of the molecule is CC(C)(C)c1ccc(N(c2ccccc2-c2cccc3ccccc23)c2ccccc2-c2cccc3cccc(-c4ccccc4)c23)c(-c2ccccc2)c1. The Morgan fingerprint density at radius 3 is 1.44 bits per heavy atom. The van der Waals surface area contributed by atoms with Crippen LogP contribution in [0, 0.1) is 0 Å². The first-order valence-corrected chi connectivity index (χ1v) is 19.2. The van der Waals surface area contributed by atoms with E-state index in [1.165, 1.54) is 71.6 Å². The second kappa shape index (κ2) is 14.3. The van der Waals surface area contributed by atoms with Crippen LogP contribution in [0.3, 0.4) is 0 Å². The zero-order chi connectivity index (χ0) is 37.4. The maximum Gasteiger partial charge on any atom is 0.0540 e. The molecule has 0 aliphatic rings. The van der Waals surface area contributed by atoms with E-state index in [1.54, 1.807) is 0 Å². The van der Waals surface area contributed by atoms with Gasteiger partial charge in [0.15, 0.2) is 0 Å². The average Bonchev–Trinajstić information content (AvgIpc) is 3.24. The van der Waals surface area contributed by atoms with Gasteiger partial charge in [-0.3, -0.25) is 0 Å². The first-order valence-electron chi connectivity index (χ1n) is 19.2. The van der Waals surface area contributed by atoms with E-state index >= 15 is 0 Å². The molecule has 0 radical (unpaired) electrons. The summed E-state index contributed by atoms with van der Waals surface area (Å²) in [7, 11) is 0. The van der Waals surface area contributed by atoms with Crippen LogP contribution in [-0.4, -0.2) is 0 Å². The molecule has 55 heavy (non-hydrogen) atoms. The zero-order valence-electron chi connectivity index (χ0n) is 31.6. The molecule has 1 heteroatoms. The van der Waals surface area contributed by atoms with Crippen molar-refractivity contribution in [3.05, 3.63) is 212 Å². The minimum atomic E-state index is -0.0253. The van der Waals surface area contributed by atoms with Gasteiger partial charge in [0.2, 0.25) is 0 Å². The van der Waals surface area contributed by atoms with Gasteiger partial charge in [-0.25, -0.2) is 0 Å². The quantitative estimate of drug-likeness (QED) is 0.160. The molecular weight excluding hydrogens is 663 g/mol. The van der Waals surface area contributed by atoms with E-state index in [9.17, 15) is 0 Å². The van der Waals surface area contributed by atoms with Crippen LogP contribution in [0.5, 0.6) is 0 Å². The van der Waals surface area contributed by atoms with Crippen LogP contribution in [0.15, 0.2) is 206 Å². The summed E-state index contributed by atoms with van der Waals surface area (Å²) in [6, 6.07) is 75.4. The second-order valence-electron chi connectivity index (χ2n) is 15.3. The number of hydrogen-bond donors (Lipinski definition) is 0. The smallest absolute Gasteiger partial charge is 0.0540 e. The Labute approximate surface area is 324 Å². The van der Waals surface area contributed by atoms with E-state index in [4.69, 9.17) is 0 Å². The fourth-order valence-electron chi connectivity index (χ4n) is 8.11. The molecular formula is C54H43N. The van der Waals surface area contributed by atoms with Crippen molar-refractivity contribution in [2.24, 2.45) is 0 Å². The van der Waals surface area contributed by atoms with Gasteiger partial charge in [-0.15, -0.1) is 0 Å². The molecule has 0 N–H and O–H groups in total. The summed E-state index contributed by atoms with van der Waals surface area (Å²) >= 11 is 0. The number of anilines is 3. The molecule has 0 fully saturated rings. The molecule has 264 valence electrons. The van der Waals surface area contributed by atoms with E-state index in [0.717, 1.165) is 17.1 Å². The third-order valence-corrected chi connectivity index (χ3v) is 10.8. The topological polar surface area (TPSA) is 3.24 Å². The maximum atomic E-state index is 2.52. The van der Waals surface area contributed by atoms with Gasteiger partial charge in [0.1, 0.15) is 0 Å². The number of nitrogens with zero attached hydrogens (tertiary/aromatic N) is 1. The first-order chi connectivity index (χ1) is 27.0. The molecule has 0 saturated carbocycles. The molecule has 0 aromatic heterocycles. The van der Waals surface area contributed by atoms with Gasteiger partial charge in [-0.1, -0.05) is 203 Å². The molecule has 0 bridgehead atoms. The van der Waals surface area contributed by atoms with Crippen LogP contribution in [0.1, 0.15) is 26.3 Å². The molecule has 0 unspecified atom stereocenters. The van der Waals surface area contributed by atoms with Crippen molar-refractivity contribution in [3.8, 4) is 44.5 Å². The highest BCUT2D eigenvalue weighted by Gasteiger charge is 2.26. The van der Waals surface area contributed by atoms with Crippen molar-refractivity contribution < 1.29 is 0 Å². The Balaban J connectivity index is 1.38. The number of fused-ring (bicyclic) bond motifs is 2. The molecule has 9 aromatic carbocycles. The molecule has 9 aromatic rings. The monoisotopic (exact) mass is 705 g/mol.